The number of likely N-dealkylation sites (tertiary alicyclic amines) is 1. The Labute approximate surface area is 73.9 Å². The van der Waals surface area contributed by atoms with Crippen LogP contribution in [-0.2, 0) is 4.79 Å². The Bertz CT molecular complexity index is 186. The van der Waals surface area contributed by atoms with Crippen LogP contribution in [0.2, 0.25) is 0 Å². The van der Waals surface area contributed by atoms with Crippen molar-refractivity contribution in [3.05, 3.63) is 0 Å². The van der Waals surface area contributed by atoms with Crippen LogP contribution in [-0.4, -0.2) is 29.3 Å². The van der Waals surface area contributed by atoms with Crippen LogP contribution in [0.15, 0.2) is 0 Å². The lowest BCUT2D eigenvalue weighted by atomic mass is 9.76. The van der Waals surface area contributed by atoms with Gasteiger partial charge in [-0.15, -0.1) is 0 Å². The largest absolute Gasteiger partial charge is 0.300 e. The Hall–Kier alpha value is -0.370. The third-order valence-electron chi connectivity index (χ3n) is 3.52. The number of piperidine rings is 1. The van der Waals surface area contributed by atoms with E-state index in [1.54, 1.807) is 0 Å². The molecule has 12 heavy (non-hydrogen) atoms. The predicted molar refractivity (Wildman–Crippen MR) is 48.1 cm³/mol. The fourth-order valence-corrected chi connectivity index (χ4v) is 2.30. The Balaban J connectivity index is 1.92. The van der Waals surface area contributed by atoms with Gasteiger partial charge in [-0.2, -0.15) is 0 Å². The lowest BCUT2D eigenvalue weighted by Gasteiger charge is -2.49. The van der Waals surface area contributed by atoms with E-state index in [-0.39, 0.29) is 0 Å². The molecule has 0 aromatic rings. The first-order valence-corrected chi connectivity index (χ1v) is 4.97. The van der Waals surface area contributed by atoms with Gasteiger partial charge in [-0.05, 0) is 26.2 Å². The molecule has 1 aliphatic carbocycles. The first-order chi connectivity index (χ1) is 5.71. The lowest BCUT2D eigenvalue weighted by molar-refractivity contribution is -0.123. The number of carbonyl (C=O) groups is 1. The second kappa shape index (κ2) is 2.84. The van der Waals surface area contributed by atoms with E-state index in [4.69, 9.17) is 0 Å². The van der Waals surface area contributed by atoms with Gasteiger partial charge in [-0.3, -0.25) is 9.69 Å². The SMILES string of the molecule is CC1(N2CCC(=O)CC2)CCC1. The van der Waals surface area contributed by atoms with Gasteiger partial charge in [0.2, 0.25) is 0 Å². The summed E-state index contributed by atoms with van der Waals surface area (Å²) in [5, 5.41) is 0. The van der Waals surface area contributed by atoms with Crippen LogP contribution in [0.3, 0.4) is 0 Å². The number of hydrogen-bond donors (Lipinski definition) is 0. The van der Waals surface area contributed by atoms with E-state index in [9.17, 15) is 4.79 Å². The summed E-state index contributed by atoms with van der Waals surface area (Å²) in [6.45, 7) is 4.36. The van der Waals surface area contributed by atoms with E-state index in [1.165, 1.54) is 19.3 Å². The van der Waals surface area contributed by atoms with Crippen LogP contribution >= 0.6 is 0 Å². The first-order valence-electron chi connectivity index (χ1n) is 4.97. The summed E-state index contributed by atoms with van der Waals surface area (Å²) < 4.78 is 0. The maximum absolute atomic E-state index is 11.0. The van der Waals surface area contributed by atoms with Crippen LogP contribution in [0.5, 0.6) is 0 Å². The summed E-state index contributed by atoms with van der Waals surface area (Å²) >= 11 is 0. The third-order valence-corrected chi connectivity index (χ3v) is 3.52. The number of carbonyl (C=O) groups excluding carboxylic acids is 1. The molecule has 68 valence electrons. The molecule has 2 heteroatoms. The van der Waals surface area contributed by atoms with E-state index in [0.29, 0.717) is 11.3 Å². The quantitative estimate of drug-likeness (QED) is 0.591. The van der Waals surface area contributed by atoms with E-state index < -0.39 is 0 Å². The maximum Gasteiger partial charge on any atom is 0.135 e. The minimum Gasteiger partial charge on any atom is -0.300 e. The zero-order valence-electron chi connectivity index (χ0n) is 7.81. The van der Waals surface area contributed by atoms with Crippen molar-refractivity contribution in [2.45, 2.75) is 44.6 Å². The van der Waals surface area contributed by atoms with E-state index in [2.05, 4.69) is 11.8 Å². The van der Waals surface area contributed by atoms with Gasteiger partial charge in [0, 0.05) is 31.5 Å². The summed E-state index contributed by atoms with van der Waals surface area (Å²) in [7, 11) is 0. The number of nitrogens with zero attached hydrogens (tertiary/aromatic N) is 1. The molecule has 2 fully saturated rings. The molecule has 0 bridgehead atoms. The Morgan fingerprint density at radius 2 is 1.83 bits per heavy atom. The minimum atomic E-state index is 0.453. The highest BCUT2D eigenvalue weighted by Gasteiger charge is 2.38. The minimum absolute atomic E-state index is 0.453. The molecular formula is C10H17NO. The van der Waals surface area contributed by atoms with Gasteiger partial charge in [0.25, 0.3) is 0 Å². The molecule has 0 N–H and O–H groups in total. The van der Waals surface area contributed by atoms with Gasteiger partial charge >= 0.3 is 0 Å². The highest BCUT2D eigenvalue weighted by atomic mass is 16.1. The smallest absolute Gasteiger partial charge is 0.135 e. The third kappa shape index (κ3) is 1.28. The molecule has 0 atom stereocenters. The standard InChI is InChI=1S/C10H17NO/c1-10(5-2-6-10)11-7-3-9(12)4-8-11/h2-8H2,1H3. The summed E-state index contributed by atoms with van der Waals surface area (Å²) in [6.07, 6.45) is 5.62. The predicted octanol–water partition coefficient (Wildman–Crippen LogP) is 1.59. The van der Waals surface area contributed by atoms with Crippen molar-refractivity contribution < 1.29 is 4.79 Å². The number of rotatable bonds is 1. The van der Waals surface area contributed by atoms with Gasteiger partial charge < -0.3 is 0 Å². The normalized spacial score (nSPS) is 29.9. The van der Waals surface area contributed by atoms with Crippen LogP contribution < -0.4 is 0 Å². The first kappa shape index (κ1) is 8.24. The van der Waals surface area contributed by atoms with Gasteiger partial charge in [-0.25, -0.2) is 0 Å². The highest BCUT2D eigenvalue weighted by Crippen LogP contribution is 2.38. The molecule has 1 saturated heterocycles. The molecule has 0 aromatic carbocycles. The number of Topliss-reactive ketones (excluding diaryl/α,β-unsaturated/α-hetero) is 1. The molecule has 1 saturated carbocycles. The van der Waals surface area contributed by atoms with Crippen molar-refractivity contribution in [3.63, 3.8) is 0 Å². The summed E-state index contributed by atoms with van der Waals surface area (Å²) in [4.78, 5) is 13.5. The zero-order valence-corrected chi connectivity index (χ0v) is 7.81. The lowest BCUT2D eigenvalue weighted by Crippen LogP contribution is -2.54. The van der Waals surface area contributed by atoms with Crippen molar-refractivity contribution in [2.75, 3.05) is 13.1 Å². The van der Waals surface area contributed by atoms with Crippen molar-refractivity contribution in [1.82, 2.24) is 4.90 Å². The second-order valence-corrected chi connectivity index (χ2v) is 4.38. The molecule has 1 aliphatic heterocycles. The fraction of sp³-hybridized carbons (Fsp3) is 0.900. The molecular weight excluding hydrogens is 150 g/mol. The van der Waals surface area contributed by atoms with Gasteiger partial charge in [0.15, 0.2) is 0 Å². The molecule has 0 amide bonds. The summed E-state index contributed by atoms with van der Waals surface area (Å²) in [5.74, 6) is 0.453. The maximum atomic E-state index is 11.0. The van der Waals surface area contributed by atoms with Gasteiger partial charge in [-0.1, -0.05) is 0 Å². The molecule has 0 spiro atoms. The van der Waals surface area contributed by atoms with Crippen molar-refractivity contribution in [3.8, 4) is 0 Å². The summed E-state index contributed by atoms with van der Waals surface area (Å²) in [6, 6.07) is 0. The Morgan fingerprint density at radius 3 is 2.25 bits per heavy atom. The van der Waals surface area contributed by atoms with Crippen molar-refractivity contribution in [1.29, 1.82) is 0 Å². The highest BCUT2D eigenvalue weighted by molar-refractivity contribution is 5.79. The van der Waals surface area contributed by atoms with Crippen LogP contribution in [0.1, 0.15) is 39.0 Å². The fourth-order valence-electron chi connectivity index (χ4n) is 2.30. The van der Waals surface area contributed by atoms with Crippen LogP contribution in [0.4, 0.5) is 0 Å². The Kier molecular flexibility index (Phi) is 1.95. The van der Waals surface area contributed by atoms with E-state index in [0.717, 1.165) is 25.9 Å². The topological polar surface area (TPSA) is 20.3 Å². The second-order valence-electron chi connectivity index (χ2n) is 4.38. The molecule has 0 aromatic heterocycles. The molecule has 1 heterocycles. The van der Waals surface area contributed by atoms with Gasteiger partial charge in [0.05, 0.1) is 0 Å². The average Bonchev–Trinajstić information content (AvgIpc) is 2.02. The monoisotopic (exact) mass is 167 g/mol. The van der Waals surface area contributed by atoms with Crippen molar-refractivity contribution in [2.24, 2.45) is 0 Å². The average molecular weight is 167 g/mol. The summed E-state index contributed by atoms with van der Waals surface area (Å²) in [5.41, 5.74) is 0.459. The van der Waals surface area contributed by atoms with E-state index >= 15 is 0 Å². The molecule has 2 rings (SSSR count). The Morgan fingerprint density at radius 1 is 1.25 bits per heavy atom. The van der Waals surface area contributed by atoms with E-state index in [1.807, 2.05) is 0 Å². The molecule has 2 aliphatic rings. The zero-order chi connectivity index (χ0) is 8.60. The number of ketones is 1. The van der Waals surface area contributed by atoms with Crippen molar-refractivity contribution >= 4 is 5.78 Å². The molecule has 0 radical (unpaired) electrons. The molecule has 0 unspecified atom stereocenters. The van der Waals surface area contributed by atoms with Crippen LogP contribution in [0, 0.1) is 0 Å². The number of hydrogen-bond acceptors (Lipinski definition) is 2. The van der Waals surface area contributed by atoms with Gasteiger partial charge in [0.1, 0.15) is 5.78 Å². The van der Waals surface area contributed by atoms with Crippen LogP contribution in [0.25, 0.3) is 0 Å². The molecule has 2 nitrogen and oxygen atoms in total.